The van der Waals surface area contributed by atoms with E-state index in [0.29, 0.717) is 17.0 Å². The number of hydrogen-bond acceptors (Lipinski definition) is 7. The number of anilines is 1. The van der Waals surface area contributed by atoms with E-state index >= 15 is 0 Å². The molecular weight excluding hydrogens is 426 g/mol. The predicted octanol–water partition coefficient (Wildman–Crippen LogP) is 3.65. The van der Waals surface area contributed by atoms with Gasteiger partial charge in [-0.25, -0.2) is 19.3 Å². The minimum Gasteiger partial charge on any atom is -0.462 e. The van der Waals surface area contributed by atoms with Gasteiger partial charge >= 0.3 is 12.0 Å². The lowest BCUT2D eigenvalue weighted by Crippen LogP contribution is -2.35. The topological polar surface area (TPSA) is 114 Å². The van der Waals surface area contributed by atoms with Crippen molar-refractivity contribution in [3.63, 3.8) is 0 Å². The smallest absolute Gasteiger partial charge is 0.341 e. The lowest BCUT2D eigenvalue weighted by Gasteiger charge is -2.29. The minimum absolute atomic E-state index is 0.0871. The molecule has 162 valence electrons. The van der Waals surface area contributed by atoms with Crippen molar-refractivity contribution in [1.82, 2.24) is 9.71 Å². The van der Waals surface area contributed by atoms with Gasteiger partial charge in [0.05, 0.1) is 12.2 Å². The zero-order chi connectivity index (χ0) is 22.1. The molecule has 2 aromatic rings. The van der Waals surface area contributed by atoms with Crippen molar-refractivity contribution in [3.8, 4) is 0 Å². The van der Waals surface area contributed by atoms with Crippen LogP contribution in [-0.4, -0.2) is 32.0 Å². The van der Waals surface area contributed by atoms with Crippen molar-refractivity contribution in [2.45, 2.75) is 52.0 Å². The number of ether oxygens (including phenoxy) is 1. The van der Waals surface area contributed by atoms with Crippen LogP contribution in [0.2, 0.25) is 0 Å². The second-order valence-corrected chi connectivity index (χ2v) is 10.7. The largest absolute Gasteiger partial charge is 0.462 e. The maximum absolute atomic E-state index is 12.6. The third-order valence-corrected chi connectivity index (χ3v) is 7.27. The number of thiophene rings is 1. The number of amides is 2. The van der Waals surface area contributed by atoms with E-state index in [2.05, 4.69) is 24.1 Å². The van der Waals surface area contributed by atoms with Crippen LogP contribution in [0.15, 0.2) is 23.4 Å². The quantitative estimate of drug-likeness (QED) is 0.671. The summed E-state index contributed by atoms with van der Waals surface area (Å²) in [6.45, 7) is 8.00. The molecule has 0 atom stereocenters. The highest BCUT2D eigenvalue weighted by molar-refractivity contribution is 7.90. The van der Waals surface area contributed by atoms with E-state index in [1.54, 1.807) is 19.9 Å². The molecule has 2 heterocycles. The molecule has 0 spiro atoms. The van der Waals surface area contributed by atoms with Crippen molar-refractivity contribution >= 4 is 38.4 Å². The van der Waals surface area contributed by atoms with Crippen LogP contribution >= 0.6 is 11.3 Å². The molecule has 8 nitrogen and oxygen atoms in total. The normalized spacial score (nSPS) is 15.2. The molecule has 0 saturated carbocycles. The van der Waals surface area contributed by atoms with Crippen LogP contribution in [0.5, 0.6) is 0 Å². The number of nitrogens with zero attached hydrogens (tertiary/aromatic N) is 1. The van der Waals surface area contributed by atoms with Crippen LogP contribution in [0.3, 0.4) is 0 Å². The Balaban J connectivity index is 1.86. The van der Waals surface area contributed by atoms with Gasteiger partial charge in [0, 0.05) is 11.1 Å². The number of sulfonamides is 1. The summed E-state index contributed by atoms with van der Waals surface area (Å²) in [6, 6.07) is 1.95. The van der Waals surface area contributed by atoms with Crippen LogP contribution in [0, 0.1) is 12.3 Å². The average molecular weight is 452 g/mol. The zero-order valence-corrected chi connectivity index (χ0v) is 19.0. The summed E-state index contributed by atoms with van der Waals surface area (Å²) < 4.78 is 32.0. The van der Waals surface area contributed by atoms with Crippen LogP contribution in [0.4, 0.5) is 9.80 Å². The number of hydrogen-bond donors (Lipinski definition) is 2. The van der Waals surface area contributed by atoms with Gasteiger partial charge in [-0.3, -0.25) is 5.32 Å². The molecule has 10 heteroatoms. The van der Waals surface area contributed by atoms with E-state index in [4.69, 9.17) is 4.74 Å². The van der Waals surface area contributed by atoms with Gasteiger partial charge in [-0.15, -0.1) is 11.3 Å². The lowest BCUT2D eigenvalue weighted by molar-refractivity contribution is 0.0526. The van der Waals surface area contributed by atoms with Gasteiger partial charge in [0.15, 0.2) is 5.03 Å². The Bertz CT molecular complexity index is 1070. The fraction of sp³-hybridized carbons (Fsp3) is 0.450. The van der Waals surface area contributed by atoms with Gasteiger partial charge in [-0.2, -0.15) is 8.42 Å². The predicted molar refractivity (Wildman–Crippen MR) is 114 cm³/mol. The van der Waals surface area contributed by atoms with E-state index in [1.807, 2.05) is 4.72 Å². The molecule has 0 radical (unpaired) electrons. The summed E-state index contributed by atoms with van der Waals surface area (Å²) in [7, 11) is -4.15. The number of aryl methyl sites for hydroxylation is 1. The highest BCUT2D eigenvalue weighted by atomic mass is 32.2. The van der Waals surface area contributed by atoms with Gasteiger partial charge in [-0.05, 0) is 55.7 Å². The number of esters is 1. The van der Waals surface area contributed by atoms with E-state index in [1.165, 1.54) is 23.6 Å². The molecule has 0 aliphatic heterocycles. The SMILES string of the molecule is CCOC(=O)c1c(NC(=O)NS(=O)(=O)c2ccc(C)cn2)sc2c1CCC(C)(C)C2. The molecule has 0 fully saturated rings. The molecule has 2 N–H and O–H groups in total. The van der Waals surface area contributed by atoms with Gasteiger partial charge in [0.1, 0.15) is 5.00 Å². The van der Waals surface area contributed by atoms with Crippen LogP contribution in [-0.2, 0) is 27.6 Å². The molecule has 2 amide bonds. The van der Waals surface area contributed by atoms with Gasteiger partial charge < -0.3 is 4.74 Å². The van der Waals surface area contributed by atoms with E-state index in [-0.39, 0.29) is 17.0 Å². The first kappa shape index (κ1) is 22.2. The lowest BCUT2D eigenvalue weighted by atomic mass is 9.77. The first-order chi connectivity index (χ1) is 14.0. The van der Waals surface area contributed by atoms with Gasteiger partial charge in [0.2, 0.25) is 0 Å². The molecular formula is C20H25N3O5S2. The monoisotopic (exact) mass is 451 g/mol. The number of fused-ring (bicyclic) bond motifs is 1. The second-order valence-electron chi connectivity index (χ2n) is 8.00. The Labute approximate surface area is 180 Å². The molecule has 1 aliphatic rings. The summed E-state index contributed by atoms with van der Waals surface area (Å²) >= 11 is 1.29. The second kappa shape index (κ2) is 8.35. The van der Waals surface area contributed by atoms with Crippen molar-refractivity contribution in [2.75, 3.05) is 11.9 Å². The van der Waals surface area contributed by atoms with Crippen LogP contribution in [0.25, 0.3) is 0 Å². The summed E-state index contributed by atoms with van der Waals surface area (Å²) in [4.78, 5) is 29.9. The maximum atomic E-state index is 12.6. The van der Waals surface area contributed by atoms with E-state index in [0.717, 1.165) is 28.8 Å². The Morgan fingerprint density at radius 3 is 2.67 bits per heavy atom. The number of nitrogens with one attached hydrogen (secondary N) is 2. The Morgan fingerprint density at radius 1 is 1.30 bits per heavy atom. The average Bonchev–Trinajstić information content (AvgIpc) is 2.97. The molecule has 3 rings (SSSR count). The van der Waals surface area contributed by atoms with E-state index < -0.39 is 22.0 Å². The fourth-order valence-corrected chi connectivity index (χ4v) is 5.66. The van der Waals surface area contributed by atoms with Crippen molar-refractivity contribution in [2.24, 2.45) is 5.41 Å². The highest BCUT2D eigenvalue weighted by Crippen LogP contribution is 2.44. The maximum Gasteiger partial charge on any atom is 0.341 e. The summed E-state index contributed by atoms with van der Waals surface area (Å²) in [5.41, 5.74) is 2.07. The third kappa shape index (κ3) is 4.81. The summed E-state index contributed by atoms with van der Waals surface area (Å²) in [6.07, 6.45) is 3.78. The number of carbonyl (C=O) groups excluding carboxylic acids is 2. The minimum atomic E-state index is -4.15. The van der Waals surface area contributed by atoms with Crippen molar-refractivity contribution < 1.29 is 22.7 Å². The van der Waals surface area contributed by atoms with Crippen LogP contribution in [0.1, 0.15) is 53.6 Å². The van der Waals surface area contributed by atoms with E-state index in [9.17, 15) is 18.0 Å². The Kier molecular flexibility index (Phi) is 6.19. The molecule has 1 aliphatic carbocycles. The zero-order valence-electron chi connectivity index (χ0n) is 17.4. The van der Waals surface area contributed by atoms with Crippen molar-refractivity contribution in [1.29, 1.82) is 0 Å². The summed E-state index contributed by atoms with van der Waals surface area (Å²) in [5, 5.41) is 2.56. The summed E-state index contributed by atoms with van der Waals surface area (Å²) in [5.74, 6) is -0.520. The molecule has 0 unspecified atom stereocenters. The number of carbonyl (C=O) groups is 2. The first-order valence-corrected chi connectivity index (χ1v) is 11.9. The molecule has 30 heavy (non-hydrogen) atoms. The molecule has 0 saturated heterocycles. The number of pyridine rings is 1. The van der Waals surface area contributed by atoms with Crippen molar-refractivity contribution in [3.05, 3.63) is 39.9 Å². The number of aromatic nitrogens is 1. The molecule has 2 aromatic heterocycles. The molecule has 0 bridgehead atoms. The Hall–Kier alpha value is -2.46. The number of rotatable bonds is 5. The van der Waals surface area contributed by atoms with Crippen LogP contribution < -0.4 is 10.0 Å². The highest BCUT2D eigenvalue weighted by Gasteiger charge is 2.33. The Morgan fingerprint density at radius 2 is 2.03 bits per heavy atom. The number of urea groups is 1. The van der Waals surface area contributed by atoms with Gasteiger partial charge in [0.25, 0.3) is 10.0 Å². The third-order valence-electron chi connectivity index (χ3n) is 4.87. The fourth-order valence-electron chi connectivity index (χ4n) is 3.33. The van der Waals surface area contributed by atoms with Gasteiger partial charge in [-0.1, -0.05) is 19.9 Å². The molecule has 0 aromatic carbocycles. The standard InChI is InChI=1S/C20H25N3O5S2/c1-5-28-18(24)16-13-8-9-20(3,4)10-14(13)29-17(16)22-19(25)23-30(26,27)15-7-6-12(2)11-21-15/h6-7,11H,5,8-10H2,1-4H3,(H2,22,23,25). The first-order valence-electron chi connectivity index (χ1n) is 9.60.